The van der Waals surface area contributed by atoms with Crippen LogP contribution >= 0.6 is 0 Å². The summed E-state index contributed by atoms with van der Waals surface area (Å²) in [6, 6.07) is 15.7. The van der Waals surface area contributed by atoms with E-state index in [9.17, 15) is 9.18 Å². The quantitative estimate of drug-likeness (QED) is 0.768. The van der Waals surface area contributed by atoms with Gasteiger partial charge < -0.3 is 4.90 Å². The molecule has 0 fully saturated rings. The van der Waals surface area contributed by atoms with Crippen molar-refractivity contribution >= 4 is 11.5 Å². The third kappa shape index (κ3) is 3.69. The number of hydrogen-bond acceptors (Lipinski definition) is 2. The first-order chi connectivity index (χ1) is 9.90. The van der Waals surface area contributed by atoms with E-state index in [1.54, 1.807) is 6.07 Å². The van der Waals surface area contributed by atoms with E-state index in [0.29, 0.717) is 12.1 Å². The van der Waals surface area contributed by atoms with Crippen LogP contribution < -0.4 is 4.90 Å². The van der Waals surface area contributed by atoms with E-state index in [0.717, 1.165) is 5.69 Å². The molecule has 0 bridgehead atoms. The van der Waals surface area contributed by atoms with Gasteiger partial charge in [-0.1, -0.05) is 50.2 Å². The normalized spacial score (nSPS) is 11.2. The summed E-state index contributed by atoms with van der Waals surface area (Å²) in [6.07, 6.45) is 0. The minimum atomic E-state index is -0.553. The Morgan fingerprint density at radius 1 is 1.10 bits per heavy atom. The number of anilines is 1. The summed E-state index contributed by atoms with van der Waals surface area (Å²) in [5.41, 5.74) is 0.918. The first kappa shape index (κ1) is 15.2. The van der Waals surface area contributed by atoms with Crippen molar-refractivity contribution in [2.24, 2.45) is 5.41 Å². The molecule has 2 nitrogen and oxygen atoms in total. The van der Waals surface area contributed by atoms with Gasteiger partial charge in [0, 0.05) is 30.3 Å². The number of carbonyl (C=O) groups excluding carboxylic acids is 1. The Morgan fingerprint density at radius 3 is 2.38 bits per heavy atom. The molecule has 0 aliphatic heterocycles. The van der Waals surface area contributed by atoms with Crippen molar-refractivity contribution in [3.63, 3.8) is 0 Å². The highest BCUT2D eigenvalue weighted by molar-refractivity contribution is 6.00. The summed E-state index contributed by atoms with van der Waals surface area (Å²) in [7, 11) is 1.87. The maximum absolute atomic E-state index is 13.3. The summed E-state index contributed by atoms with van der Waals surface area (Å²) in [5.74, 6) is -0.183. The zero-order chi connectivity index (χ0) is 15.5. The van der Waals surface area contributed by atoms with Gasteiger partial charge in [0.05, 0.1) is 0 Å². The summed E-state index contributed by atoms with van der Waals surface area (Å²) in [5, 5.41) is 0. The second-order valence-electron chi connectivity index (χ2n) is 5.91. The molecule has 0 aromatic heterocycles. The van der Waals surface area contributed by atoms with Gasteiger partial charge in [-0.2, -0.15) is 0 Å². The molecular formula is C18H20FNO. The predicted octanol–water partition coefficient (Wildman–Crippen LogP) is 4.17. The number of rotatable bonds is 5. The molecule has 2 aromatic rings. The minimum absolute atomic E-state index is 0.0892. The number of benzene rings is 2. The number of halogens is 1. The maximum Gasteiger partial charge on any atom is 0.170 e. The topological polar surface area (TPSA) is 20.3 Å². The molecule has 0 radical (unpaired) electrons. The van der Waals surface area contributed by atoms with Gasteiger partial charge in [0.25, 0.3) is 0 Å². The van der Waals surface area contributed by atoms with E-state index < -0.39 is 5.41 Å². The van der Waals surface area contributed by atoms with Gasteiger partial charge in [-0.05, 0) is 18.2 Å². The Hall–Kier alpha value is -2.16. The molecule has 2 aromatic carbocycles. The van der Waals surface area contributed by atoms with E-state index >= 15 is 0 Å². The third-order valence-corrected chi connectivity index (χ3v) is 3.53. The molecule has 0 N–H and O–H groups in total. The number of ketones is 1. The zero-order valence-electron chi connectivity index (χ0n) is 12.6. The average molecular weight is 285 g/mol. The van der Waals surface area contributed by atoms with Crippen molar-refractivity contribution in [2.45, 2.75) is 13.8 Å². The Bertz CT molecular complexity index is 622. The van der Waals surface area contributed by atoms with Crippen molar-refractivity contribution in [3.8, 4) is 0 Å². The molecule has 0 unspecified atom stereocenters. The average Bonchev–Trinajstić information content (AvgIpc) is 2.47. The lowest BCUT2D eigenvalue weighted by molar-refractivity contribution is 0.0846. The Morgan fingerprint density at radius 2 is 1.76 bits per heavy atom. The first-order valence-corrected chi connectivity index (χ1v) is 6.97. The summed E-state index contributed by atoms with van der Waals surface area (Å²) >= 11 is 0. The highest BCUT2D eigenvalue weighted by Gasteiger charge is 2.30. The molecule has 3 heteroatoms. The molecule has 0 saturated carbocycles. The third-order valence-electron chi connectivity index (χ3n) is 3.53. The molecule has 2 rings (SSSR count). The lowest BCUT2D eigenvalue weighted by Gasteiger charge is -2.30. The molecule has 0 aliphatic rings. The van der Waals surface area contributed by atoms with Crippen LogP contribution in [0.4, 0.5) is 10.1 Å². The van der Waals surface area contributed by atoms with Crippen molar-refractivity contribution in [1.29, 1.82) is 0 Å². The first-order valence-electron chi connectivity index (χ1n) is 6.97. The molecule has 0 saturated heterocycles. The Labute approximate surface area is 125 Å². The second kappa shape index (κ2) is 6.08. The fourth-order valence-electron chi connectivity index (χ4n) is 2.45. The lowest BCUT2D eigenvalue weighted by atomic mass is 9.83. The van der Waals surface area contributed by atoms with Gasteiger partial charge in [0.1, 0.15) is 5.82 Å². The standard InChI is InChI=1S/C18H20FNO/c1-18(2,17(21)14-8-5-4-6-9-14)13-20(3)16-11-7-10-15(19)12-16/h4-12H,13H2,1-3H3. The van der Waals surface area contributed by atoms with Gasteiger partial charge >= 0.3 is 0 Å². The molecular weight excluding hydrogens is 265 g/mol. The van der Waals surface area contributed by atoms with Crippen LogP contribution in [0.2, 0.25) is 0 Å². The van der Waals surface area contributed by atoms with E-state index in [1.807, 2.05) is 62.2 Å². The fraction of sp³-hybridized carbons (Fsp3) is 0.278. The number of hydrogen-bond donors (Lipinski definition) is 0. The molecule has 0 aliphatic carbocycles. The maximum atomic E-state index is 13.3. The van der Waals surface area contributed by atoms with Gasteiger partial charge in [0.15, 0.2) is 5.78 Å². The molecule has 0 heterocycles. The van der Waals surface area contributed by atoms with Crippen LogP contribution in [0.3, 0.4) is 0 Å². The van der Waals surface area contributed by atoms with E-state index in [4.69, 9.17) is 0 Å². The smallest absolute Gasteiger partial charge is 0.170 e. The van der Waals surface area contributed by atoms with Crippen LogP contribution in [0.15, 0.2) is 54.6 Å². The lowest BCUT2D eigenvalue weighted by Crippen LogP contribution is -2.37. The van der Waals surface area contributed by atoms with E-state index in [2.05, 4.69) is 0 Å². The summed E-state index contributed by atoms with van der Waals surface area (Å²) in [6.45, 7) is 4.35. The Kier molecular flexibility index (Phi) is 4.41. The van der Waals surface area contributed by atoms with Gasteiger partial charge in [0.2, 0.25) is 0 Å². The van der Waals surface area contributed by atoms with Crippen molar-refractivity contribution < 1.29 is 9.18 Å². The van der Waals surface area contributed by atoms with E-state index in [-0.39, 0.29) is 11.6 Å². The molecule has 21 heavy (non-hydrogen) atoms. The molecule has 110 valence electrons. The molecule has 0 spiro atoms. The zero-order valence-corrected chi connectivity index (χ0v) is 12.6. The van der Waals surface area contributed by atoms with E-state index in [1.165, 1.54) is 12.1 Å². The SMILES string of the molecule is CN(CC(C)(C)C(=O)c1ccccc1)c1cccc(F)c1. The van der Waals surface area contributed by atoms with Crippen LogP contribution in [0.5, 0.6) is 0 Å². The van der Waals surface area contributed by atoms with Crippen molar-refractivity contribution in [3.05, 3.63) is 66.0 Å². The molecule has 0 atom stereocenters. The number of nitrogens with zero attached hydrogens (tertiary/aromatic N) is 1. The van der Waals surface area contributed by atoms with Crippen LogP contribution in [0.1, 0.15) is 24.2 Å². The van der Waals surface area contributed by atoms with Gasteiger partial charge in [-0.25, -0.2) is 4.39 Å². The van der Waals surface area contributed by atoms with Crippen LogP contribution in [0, 0.1) is 11.2 Å². The number of carbonyl (C=O) groups is 1. The van der Waals surface area contributed by atoms with Crippen molar-refractivity contribution in [1.82, 2.24) is 0 Å². The van der Waals surface area contributed by atoms with Crippen molar-refractivity contribution in [2.75, 3.05) is 18.5 Å². The number of Topliss-reactive ketones (excluding diaryl/α,β-unsaturated/α-hetero) is 1. The predicted molar refractivity (Wildman–Crippen MR) is 84.2 cm³/mol. The van der Waals surface area contributed by atoms with Crippen LogP contribution in [-0.4, -0.2) is 19.4 Å². The van der Waals surface area contributed by atoms with Crippen LogP contribution in [-0.2, 0) is 0 Å². The van der Waals surface area contributed by atoms with Crippen LogP contribution in [0.25, 0.3) is 0 Å². The molecule has 0 amide bonds. The highest BCUT2D eigenvalue weighted by Crippen LogP contribution is 2.25. The largest absolute Gasteiger partial charge is 0.374 e. The highest BCUT2D eigenvalue weighted by atomic mass is 19.1. The summed E-state index contributed by atoms with van der Waals surface area (Å²) in [4.78, 5) is 14.5. The van der Waals surface area contributed by atoms with Gasteiger partial charge in [-0.3, -0.25) is 4.79 Å². The minimum Gasteiger partial charge on any atom is -0.374 e. The Balaban J connectivity index is 2.15. The monoisotopic (exact) mass is 285 g/mol. The summed E-state index contributed by atoms with van der Waals surface area (Å²) < 4.78 is 13.3. The second-order valence-corrected chi connectivity index (χ2v) is 5.91. The fourth-order valence-corrected chi connectivity index (χ4v) is 2.45. The van der Waals surface area contributed by atoms with Gasteiger partial charge in [-0.15, -0.1) is 0 Å².